The van der Waals surface area contributed by atoms with Crippen LogP contribution in [0.5, 0.6) is 0 Å². The summed E-state index contributed by atoms with van der Waals surface area (Å²) in [4.78, 5) is 0. The lowest BCUT2D eigenvalue weighted by atomic mass is 10.1. The molecule has 0 radical (unpaired) electrons. The zero-order chi connectivity index (χ0) is 8.85. The SMILES string of the molecule is CC#CC(O)C(C)C[PH](C)=O. The highest BCUT2D eigenvalue weighted by atomic mass is 31.1. The summed E-state index contributed by atoms with van der Waals surface area (Å²) in [6, 6.07) is 0. The molecule has 0 bridgehead atoms. The van der Waals surface area contributed by atoms with Crippen LogP contribution >= 0.6 is 7.80 Å². The van der Waals surface area contributed by atoms with Crippen molar-refractivity contribution in [2.75, 3.05) is 12.8 Å². The first-order chi connectivity index (χ1) is 5.07. The van der Waals surface area contributed by atoms with E-state index in [1.54, 1.807) is 13.6 Å². The van der Waals surface area contributed by atoms with E-state index in [0.717, 1.165) is 0 Å². The molecule has 0 saturated carbocycles. The number of aliphatic hydroxyl groups excluding tert-OH is 1. The highest BCUT2D eigenvalue weighted by Crippen LogP contribution is 2.20. The Kier molecular flexibility index (Phi) is 5.28. The van der Waals surface area contributed by atoms with Gasteiger partial charge in [-0.25, -0.2) is 0 Å². The summed E-state index contributed by atoms with van der Waals surface area (Å²) >= 11 is 0. The van der Waals surface area contributed by atoms with Crippen LogP contribution in [0.4, 0.5) is 0 Å². The largest absolute Gasteiger partial charge is 0.380 e. The molecule has 0 amide bonds. The van der Waals surface area contributed by atoms with E-state index in [9.17, 15) is 9.67 Å². The Morgan fingerprint density at radius 2 is 2.18 bits per heavy atom. The minimum atomic E-state index is -1.47. The zero-order valence-corrected chi connectivity index (χ0v) is 8.22. The van der Waals surface area contributed by atoms with Gasteiger partial charge in [0.2, 0.25) is 0 Å². The molecule has 3 heteroatoms. The monoisotopic (exact) mass is 174 g/mol. The lowest BCUT2D eigenvalue weighted by molar-refractivity contribution is 0.183. The lowest BCUT2D eigenvalue weighted by Gasteiger charge is -2.11. The van der Waals surface area contributed by atoms with Gasteiger partial charge in [0.15, 0.2) is 0 Å². The van der Waals surface area contributed by atoms with Crippen LogP contribution in [-0.2, 0) is 4.57 Å². The van der Waals surface area contributed by atoms with Crippen molar-refractivity contribution in [3.05, 3.63) is 0 Å². The van der Waals surface area contributed by atoms with Crippen molar-refractivity contribution in [1.29, 1.82) is 0 Å². The van der Waals surface area contributed by atoms with Gasteiger partial charge in [-0.15, -0.1) is 5.92 Å². The summed E-state index contributed by atoms with van der Waals surface area (Å²) in [5, 5.41) is 9.27. The van der Waals surface area contributed by atoms with Crippen molar-refractivity contribution >= 4 is 7.80 Å². The van der Waals surface area contributed by atoms with E-state index in [-0.39, 0.29) is 5.92 Å². The van der Waals surface area contributed by atoms with E-state index >= 15 is 0 Å². The van der Waals surface area contributed by atoms with Crippen LogP contribution in [0.1, 0.15) is 13.8 Å². The van der Waals surface area contributed by atoms with Crippen molar-refractivity contribution in [2.24, 2.45) is 5.92 Å². The molecule has 0 aromatic rings. The minimum absolute atomic E-state index is 0.0267. The summed E-state index contributed by atoms with van der Waals surface area (Å²) in [5.74, 6) is 5.29. The molecule has 0 aliphatic rings. The third kappa shape index (κ3) is 5.07. The zero-order valence-electron chi connectivity index (χ0n) is 7.22. The number of hydrogen-bond donors (Lipinski definition) is 1. The molecule has 1 N–H and O–H groups in total. The molecule has 0 saturated heterocycles. The van der Waals surface area contributed by atoms with Crippen LogP contribution in [0, 0.1) is 17.8 Å². The predicted octanol–water partition coefficient (Wildman–Crippen LogP) is 1.20. The summed E-state index contributed by atoms with van der Waals surface area (Å²) < 4.78 is 10.8. The maximum absolute atomic E-state index is 10.8. The predicted molar refractivity (Wildman–Crippen MR) is 48.4 cm³/mol. The smallest absolute Gasteiger partial charge is 0.117 e. The molecule has 0 rings (SSSR count). The maximum atomic E-state index is 10.8. The van der Waals surface area contributed by atoms with E-state index in [0.29, 0.717) is 6.16 Å². The fourth-order valence-electron chi connectivity index (χ4n) is 0.855. The van der Waals surface area contributed by atoms with Gasteiger partial charge in [-0.2, -0.15) is 0 Å². The molecule has 3 unspecified atom stereocenters. The third-order valence-corrected chi connectivity index (χ3v) is 2.66. The Bertz CT molecular complexity index is 190. The Morgan fingerprint density at radius 1 is 1.64 bits per heavy atom. The van der Waals surface area contributed by atoms with E-state index in [1.807, 2.05) is 6.92 Å². The Balaban J connectivity index is 3.88. The molecule has 0 aromatic heterocycles. The van der Waals surface area contributed by atoms with E-state index < -0.39 is 13.9 Å². The number of hydrogen-bond acceptors (Lipinski definition) is 2. The quantitative estimate of drug-likeness (QED) is 0.515. The topological polar surface area (TPSA) is 37.3 Å². The van der Waals surface area contributed by atoms with Gasteiger partial charge in [0.05, 0.1) is 7.80 Å². The van der Waals surface area contributed by atoms with Gasteiger partial charge >= 0.3 is 0 Å². The van der Waals surface area contributed by atoms with Crippen LogP contribution in [0.15, 0.2) is 0 Å². The molecule has 0 aliphatic carbocycles. The normalized spacial score (nSPS) is 17.8. The molecule has 0 heterocycles. The second-order valence-electron chi connectivity index (χ2n) is 2.72. The first-order valence-electron chi connectivity index (χ1n) is 3.67. The molecule has 11 heavy (non-hydrogen) atoms. The average Bonchev–Trinajstić information content (AvgIpc) is 1.86. The summed E-state index contributed by atoms with van der Waals surface area (Å²) in [6.45, 7) is 5.25. The number of aliphatic hydroxyl groups is 1. The standard InChI is InChI=1S/C8H15O2P/c1-4-5-8(9)7(2)6-11(3)10/h7-9,11H,6H2,1-3H3. The Hall–Kier alpha value is -0.250. The highest BCUT2D eigenvalue weighted by molar-refractivity contribution is 7.43. The molecule has 0 aromatic carbocycles. The van der Waals surface area contributed by atoms with Crippen molar-refractivity contribution in [1.82, 2.24) is 0 Å². The fraction of sp³-hybridized carbons (Fsp3) is 0.750. The average molecular weight is 174 g/mol. The first-order valence-corrected chi connectivity index (χ1v) is 5.79. The molecule has 2 nitrogen and oxygen atoms in total. The molecule has 0 fully saturated rings. The molecular formula is C8H15O2P. The van der Waals surface area contributed by atoms with Crippen LogP contribution < -0.4 is 0 Å². The number of rotatable bonds is 3. The molecular weight excluding hydrogens is 159 g/mol. The Morgan fingerprint density at radius 3 is 2.55 bits per heavy atom. The van der Waals surface area contributed by atoms with Gasteiger partial charge in [-0.3, -0.25) is 0 Å². The maximum Gasteiger partial charge on any atom is 0.117 e. The summed E-state index contributed by atoms with van der Waals surface area (Å²) in [6.07, 6.45) is -0.0329. The fourth-order valence-corrected chi connectivity index (χ4v) is 1.99. The van der Waals surface area contributed by atoms with Gasteiger partial charge in [-0.1, -0.05) is 12.8 Å². The van der Waals surface area contributed by atoms with E-state index in [2.05, 4.69) is 11.8 Å². The van der Waals surface area contributed by atoms with Gasteiger partial charge < -0.3 is 9.67 Å². The minimum Gasteiger partial charge on any atom is -0.380 e. The van der Waals surface area contributed by atoms with Crippen molar-refractivity contribution < 1.29 is 9.67 Å². The lowest BCUT2D eigenvalue weighted by Crippen LogP contribution is -2.17. The van der Waals surface area contributed by atoms with Crippen molar-refractivity contribution in [3.8, 4) is 11.8 Å². The summed E-state index contributed by atoms with van der Waals surface area (Å²) in [7, 11) is -1.47. The first kappa shape index (κ1) is 10.8. The molecule has 64 valence electrons. The van der Waals surface area contributed by atoms with E-state index in [4.69, 9.17) is 0 Å². The van der Waals surface area contributed by atoms with Gasteiger partial charge in [-0.05, 0) is 19.5 Å². The third-order valence-electron chi connectivity index (χ3n) is 1.44. The highest BCUT2D eigenvalue weighted by Gasteiger charge is 2.11. The van der Waals surface area contributed by atoms with Gasteiger partial charge in [0.25, 0.3) is 0 Å². The summed E-state index contributed by atoms with van der Waals surface area (Å²) in [5.41, 5.74) is 0. The Labute approximate surface area is 68.8 Å². The van der Waals surface area contributed by atoms with Crippen LogP contribution in [0.2, 0.25) is 0 Å². The molecule has 0 aliphatic heterocycles. The van der Waals surface area contributed by atoms with Crippen molar-refractivity contribution in [3.63, 3.8) is 0 Å². The van der Waals surface area contributed by atoms with Crippen LogP contribution in [0.3, 0.4) is 0 Å². The second-order valence-corrected chi connectivity index (χ2v) is 4.53. The van der Waals surface area contributed by atoms with E-state index in [1.165, 1.54) is 0 Å². The van der Waals surface area contributed by atoms with Crippen molar-refractivity contribution in [2.45, 2.75) is 20.0 Å². The van der Waals surface area contributed by atoms with Crippen LogP contribution in [0.25, 0.3) is 0 Å². The molecule has 3 atom stereocenters. The van der Waals surface area contributed by atoms with Gasteiger partial charge in [0.1, 0.15) is 6.10 Å². The van der Waals surface area contributed by atoms with Crippen LogP contribution in [-0.4, -0.2) is 24.0 Å². The second kappa shape index (κ2) is 5.41. The molecule has 0 spiro atoms. The van der Waals surface area contributed by atoms with Gasteiger partial charge in [0, 0.05) is 6.16 Å².